The van der Waals surface area contributed by atoms with Gasteiger partial charge in [-0.15, -0.1) is 0 Å². The minimum atomic E-state index is 0.513. The molecule has 0 amide bonds. The number of likely N-dealkylation sites (tertiary alicyclic amines) is 1. The highest BCUT2D eigenvalue weighted by atomic mass is 35.5. The molecule has 2 aliphatic rings. The summed E-state index contributed by atoms with van der Waals surface area (Å²) in [4.78, 5) is 5.04. The molecule has 2 unspecified atom stereocenters. The van der Waals surface area contributed by atoms with E-state index in [1.807, 2.05) is 12.1 Å². The fourth-order valence-corrected chi connectivity index (χ4v) is 4.16. The third kappa shape index (κ3) is 2.54. The van der Waals surface area contributed by atoms with Gasteiger partial charge in [0.25, 0.3) is 0 Å². The molecule has 1 aromatic carbocycles. The van der Waals surface area contributed by atoms with E-state index in [0.29, 0.717) is 6.54 Å². The quantitative estimate of drug-likeness (QED) is 0.910. The van der Waals surface area contributed by atoms with E-state index < -0.39 is 0 Å². The van der Waals surface area contributed by atoms with Crippen LogP contribution in [0.15, 0.2) is 18.2 Å². The fourth-order valence-electron chi connectivity index (χ4n) is 3.92. The standard InChI is InChI=1S/C16H24ClN3/c1-19-8-3-4-12-11-20(9-7-15(12)19)16-6-2-5-14(17)13(16)10-18/h2,5-6,12,15H,3-4,7-11,18H2,1H3. The van der Waals surface area contributed by atoms with Gasteiger partial charge in [0.15, 0.2) is 0 Å². The second kappa shape index (κ2) is 5.92. The van der Waals surface area contributed by atoms with Crippen LogP contribution in [0.5, 0.6) is 0 Å². The Morgan fingerprint density at radius 3 is 2.95 bits per heavy atom. The second-order valence-corrected chi connectivity index (χ2v) is 6.53. The van der Waals surface area contributed by atoms with Crippen molar-refractivity contribution in [2.45, 2.75) is 31.8 Å². The lowest BCUT2D eigenvalue weighted by atomic mass is 9.84. The van der Waals surface area contributed by atoms with E-state index in [1.165, 1.54) is 31.5 Å². The van der Waals surface area contributed by atoms with Crippen LogP contribution < -0.4 is 10.6 Å². The first-order chi connectivity index (χ1) is 9.70. The summed E-state index contributed by atoms with van der Waals surface area (Å²) in [7, 11) is 2.27. The van der Waals surface area contributed by atoms with Crippen molar-refractivity contribution >= 4 is 17.3 Å². The van der Waals surface area contributed by atoms with Gasteiger partial charge in [-0.05, 0) is 50.9 Å². The minimum absolute atomic E-state index is 0.513. The minimum Gasteiger partial charge on any atom is -0.371 e. The first kappa shape index (κ1) is 14.2. The Bertz CT molecular complexity index is 477. The molecule has 0 aliphatic carbocycles. The lowest BCUT2D eigenvalue weighted by molar-refractivity contribution is 0.102. The summed E-state index contributed by atoms with van der Waals surface area (Å²) in [5, 5.41) is 0.799. The molecule has 20 heavy (non-hydrogen) atoms. The van der Waals surface area contributed by atoms with Crippen molar-refractivity contribution in [2.75, 3.05) is 31.6 Å². The highest BCUT2D eigenvalue weighted by Crippen LogP contribution is 2.34. The van der Waals surface area contributed by atoms with Crippen molar-refractivity contribution in [1.29, 1.82) is 0 Å². The van der Waals surface area contributed by atoms with Crippen LogP contribution in [0.2, 0.25) is 5.02 Å². The Hall–Kier alpha value is -0.770. The third-order valence-corrected chi connectivity index (χ3v) is 5.34. The fraction of sp³-hybridized carbons (Fsp3) is 0.625. The lowest BCUT2D eigenvalue weighted by Crippen LogP contribution is -2.52. The van der Waals surface area contributed by atoms with E-state index in [1.54, 1.807) is 0 Å². The molecule has 3 nitrogen and oxygen atoms in total. The number of nitrogens with zero attached hydrogens (tertiary/aromatic N) is 2. The molecule has 2 fully saturated rings. The molecule has 0 spiro atoms. The Balaban J connectivity index is 1.81. The number of fused-ring (bicyclic) bond motifs is 1. The van der Waals surface area contributed by atoms with E-state index in [2.05, 4.69) is 22.9 Å². The van der Waals surface area contributed by atoms with Gasteiger partial charge >= 0.3 is 0 Å². The van der Waals surface area contributed by atoms with E-state index in [9.17, 15) is 0 Å². The van der Waals surface area contributed by atoms with Gasteiger partial charge in [0.1, 0.15) is 0 Å². The average molecular weight is 294 g/mol. The van der Waals surface area contributed by atoms with Gasteiger partial charge in [0.2, 0.25) is 0 Å². The molecule has 2 heterocycles. The highest BCUT2D eigenvalue weighted by molar-refractivity contribution is 6.31. The number of halogens is 1. The zero-order valence-electron chi connectivity index (χ0n) is 12.2. The SMILES string of the molecule is CN1CCCC2CN(c3cccc(Cl)c3CN)CCC21. The van der Waals surface area contributed by atoms with Gasteiger partial charge in [-0.3, -0.25) is 0 Å². The summed E-state index contributed by atoms with van der Waals surface area (Å²) < 4.78 is 0. The number of nitrogens with two attached hydrogens (primary N) is 1. The first-order valence-corrected chi connectivity index (χ1v) is 8.01. The van der Waals surface area contributed by atoms with Gasteiger partial charge in [-0.1, -0.05) is 17.7 Å². The highest BCUT2D eigenvalue weighted by Gasteiger charge is 2.34. The van der Waals surface area contributed by atoms with Gasteiger partial charge < -0.3 is 15.5 Å². The average Bonchev–Trinajstić information content (AvgIpc) is 2.47. The Morgan fingerprint density at radius 1 is 1.30 bits per heavy atom. The summed E-state index contributed by atoms with van der Waals surface area (Å²) in [5.74, 6) is 0.784. The van der Waals surface area contributed by atoms with Crippen molar-refractivity contribution in [3.8, 4) is 0 Å². The summed E-state index contributed by atoms with van der Waals surface area (Å²) in [6.07, 6.45) is 3.92. The maximum absolute atomic E-state index is 6.29. The zero-order valence-corrected chi connectivity index (χ0v) is 12.9. The van der Waals surface area contributed by atoms with Crippen LogP contribution >= 0.6 is 11.6 Å². The van der Waals surface area contributed by atoms with Crippen molar-refractivity contribution in [3.63, 3.8) is 0 Å². The summed E-state index contributed by atoms with van der Waals surface area (Å²) in [6, 6.07) is 6.91. The van der Waals surface area contributed by atoms with E-state index in [-0.39, 0.29) is 0 Å². The maximum Gasteiger partial charge on any atom is 0.0471 e. The van der Waals surface area contributed by atoms with E-state index in [4.69, 9.17) is 17.3 Å². The van der Waals surface area contributed by atoms with Crippen molar-refractivity contribution < 1.29 is 0 Å². The molecule has 0 aromatic heterocycles. The lowest BCUT2D eigenvalue weighted by Gasteiger charge is -2.47. The molecule has 1 aromatic rings. The number of rotatable bonds is 2. The van der Waals surface area contributed by atoms with Crippen LogP contribution in [0.3, 0.4) is 0 Å². The van der Waals surface area contributed by atoms with Crippen molar-refractivity contribution in [1.82, 2.24) is 4.90 Å². The summed E-state index contributed by atoms with van der Waals surface area (Å²) in [6.45, 7) is 4.02. The largest absolute Gasteiger partial charge is 0.371 e. The molecular formula is C16H24ClN3. The van der Waals surface area contributed by atoms with Crippen molar-refractivity contribution in [2.24, 2.45) is 11.7 Å². The van der Waals surface area contributed by atoms with Crippen LogP contribution in [-0.2, 0) is 6.54 Å². The number of piperidine rings is 2. The Kier molecular flexibility index (Phi) is 4.20. The first-order valence-electron chi connectivity index (χ1n) is 7.63. The van der Waals surface area contributed by atoms with Crippen LogP contribution in [0.4, 0.5) is 5.69 Å². The number of anilines is 1. The molecule has 2 atom stereocenters. The molecule has 0 radical (unpaired) electrons. The number of hydrogen-bond acceptors (Lipinski definition) is 3. The predicted molar refractivity (Wildman–Crippen MR) is 85.3 cm³/mol. The smallest absolute Gasteiger partial charge is 0.0471 e. The zero-order chi connectivity index (χ0) is 14.1. The summed E-state index contributed by atoms with van der Waals surface area (Å²) in [5.41, 5.74) is 8.23. The van der Waals surface area contributed by atoms with E-state index in [0.717, 1.165) is 35.6 Å². The molecule has 0 saturated carbocycles. The molecule has 2 saturated heterocycles. The van der Waals surface area contributed by atoms with E-state index >= 15 is 0 Å². The van der Waals surface area contributed by atoms with Gasteiger partial charge in [-0.2, -0.15) is 0 Å². The third-order valence-electron chi connectivity index (χ3n) is 4.98. The van der Waals surface area contributed by atoms with Gasteiger partial charge in [0.05, 0.1) is 0 Å². The molecule has 110 valence electrons. The maximum atomic E-state index is 6.29. The molecule has 4 heteroatoms. The Morgan fingerprint density at radius 2 is 2.15 bits per heavy atom. The van der Waals surface area contributed by atoms with Gasteiger partial charge in [0, 0.05) is 41.9 Å². The molecule has 3 rings (SSSR count). The topological polar surface area (TPSA) is 32.5 Å². The molecule has 2 N–H and O–H groups in total. The number of benzene rings is 1. The van der Waals surface area contributed by atoms with Crippen LogP contribution in [-0.4, -0.2) is 37.6 Å². The van der Waals surface area contributed by atoms with Crippen LogP contribution in [0.25, 0.3) is 0 Å². The molecule has 2 aliphatic heterocycles. The van der Waals surface area contributed by atoms with Crippen LogP contribution in [0.1, 0.15) is 24.8 Å². The Labute approximate surface area is 126 Å². The van der Waals surface area contributed by atoms with Crippen molar-refractivity contribution in [3.05, 3.63) is 28.8 Å². The molecular weight excluding hydrogens is 270 g/mol. The predicted octanol–water partition coefficient (Wildman–Crippen LogP) is 2.72. The number of hydrogen-bond donors (Lipinski definition) is 1. The summed E-state index contributed by atoms with van der Waals surface area (Å²) >= 11 is 6.29. The normalized spacial score (nSPS) is 27.4. The van der Waals surface area contributed by atoms with Crippen LogP contribution in [0, 0.1) is 5.92 Å². The monoisotopic (exact) mass is 293 g/mol. The second-order valence-electron chi connectivity index (χ2n) is 6.13. The van der Waals surface area contributed by atoms with Gasteiger partial charge in [-0.25, -0.2) is 0 Å². The molecule has 0 bridgehead atoms.